The van der Waals surface area contributed by atoms with Gasteiger partial charge in [0.15, 0.2) is 23.1 Å². The molecule has 0 saturated heterocycles. The summed E-state index contributed by atoms with van der Waals surface area (Å²) in [5.41, 5.74) is 0. The first kappa shape index (κ1) is 16.2. The van der Waals surface area contributed by atoms with E-state index in [-0.39, 0.29) is 0 Å². The van der Waals surface area contributed by atoms with E-state index in [2.05, 4.69) is 36.6 Å². The predicted octanol–water partition coefficient (Wildman–Crippen LogP) is 5.84. The Bertz CT molecular complexity index is 673. The molecule has 2 aromatic carbocycles. The molecular weight excluding hydrogens is 434 g/mol. The summed E-state index contributed by atoms with van der Waals surface area (Å²) in [6.07, 6.45) is 0. The second-order valence-electron chi connectivity index (χ2n) is 3.70. The molecule has 0 atom stereocenters. The lowest BCUT2D eigenvalue weighted by Crippen LogP contribution is -2.00. The molecule has 0 amide bonds. The fraction of sp³-hybridized carbons (Fsp3) is 0. The summed E-state index contributed by atoms with van der Waals surface area (Å²) in [7, 11) is 0. The molecule has 0 aliphatic carbocycles. The molecule has 1 nitrogen and oxygen atoms in total. The Balaban J connectivity index is 2.54. The number of hydrogen-bond acceptors (Lipinski definition) is 1. The van der Waals surface area contributed by atoms with Crippen LogP contribution >= 0.6 is 31.9 Å². The van der Waals surface area contributed by atoms with Crippen LogP contribution in [0.15, 0.2) is 21.1 Å². The van der Waals surface area contributed by atoms with Gasteiger partial charge in [-0.1, -0.05) is 0 Å². The Kier molecular flexibility index (Phi) is 4.52. The zero-order valence-electron chi connectivity index (χ0n) is 9.59. The molecular formula is C12H2Br2F6O. The van der Waals surface area contributed by atoms with Gasteiger partial charge in [-0.2, -0.15) is 8.78 Å². The van der Waals surface area contributed by atoms with Crippen molar-refractivity contribution in [2.45, 2.75) is 0 Å². The molecule has 2 rings (SSSR count). The smallest absolute Gasteiger partial charge is 0.202 e. The van der Waals surface area contributed by atoms with Gasteiger partial charge in [-0.25, -0.2) is 17.6 Å². The first-order valence-electron chi connectivity index (χ1n) is 5.07. The van der Waals surface area contributed by atoms with Crippen LogP contribution in [-0.4, -0.2) is 0 Å². The molecule has 0 bridgehead atoms. The minimum atomic E-state index is -1.65. The molecule has 0 spiro atoms. The van der Waals surface area contributed by atoms with Gasteiger partial charge in [0.25, 0.3) is 0 Å². The lowest BCUT2D eigenvalue weighted by atomic mass is 10.3. The van der Waals surface area contributed by atoms with Crippen LogP contribution in [0, 0.1) is 34.9 Å². The third kappa shape index (κ3) is 2.89. The van der Waals surface area contributed by atoms with Gasteiger partial charge in [-0.3, -0.25) is 0 Å². The molecule has 0 saturated carbocycles. The molecule has 0 aliphatic heterocycles. The van der Waals surface area contributed by atoms with Crippen molar-refractivity contribution in [1.29, 1.82) is 0 Å². The monoisotopic (exact) mass is 434 g/mol. The maximum atomic E-state index is 13.5. The fourth-order valence-electron chi connectivity index (χ4n) is 1.37. The SMILES string of the molecule is Fc1cc(Oc2cc(F)c(Br)c(F)c2F)c(F)c(F)c1Br. The standard InChI is InChI=1S/C12H2Br2F6O/c13-7-3(15)1-5(9(17)11(7)19)21-6-2-4(16)8(14)12(20)10(6)18/h1-2H. The van der Waals surface area contributed by atoms with E-state index >= 15 is 0 Å². The number of rotatable bonds is 2. The Morgan fingerprint density at radius 2 is 0.952 bits per heavy atom. The zero-order chi connectivity index (χ0) is 15.9. The van der Waals surface area contributed by atoms with Gasteiger partial charge in [0.2, 0.25) is 11.6 Å². The van der Waals surface area contributed by atoms with E-state index in [4.69, 9.17) is 0 Å². The summed E-state index contributed by atoms with van der Waals surface area (Å²) in [5.74, 6) is -11.1. The number of ether oxygens (including phenoxy) is 1. The number of hydrogen-bond donors (Lipinski definition) is 0. The molecule has 112 valence electrons. The molecule has 0 aromatic heterocycles. The average Bonchev–Trinajstić information content (AvgIpc) is 2.45. The van der Waals surface area contributed by atoms with Crippen LogP contribution < -0.4 is 4.74 Å². The summed E-state index contributed by atoms with van der Waals surface area (Å²) < 4.78 is 83.1. The Morgan fingerprint density at radius 1 is 0.619 bits per heavy atom. The highest BCUT2D eigenvalue weighted by atomic mass is 79.9. The minimum absolute atomic E-state index is 0.403. The van der Waals surface area contributed by atoms with Crippen molar-refractivity contribution in [1.82, 2.24) is 0 Å². The average molecular weight is 436 g/mol. The number of halogens is 8. The predicted molar refractivity (Wildman–Crippen MR) is 68.1 cm³/mol. The van der Waals surface area contributed by atoms with Crippen molar-refractivity contribution in [3.05, 3.63) is 56.0 Å². The van der Waals surface area contributed by atoms with Crippen LogP contribution in [0.5, 0.6) is 11.5 Å². The van der Waals surface area contributed by atoms with Crippen molar-refractivity contribution in [2.24, 2.45) is 0 Å². The highest BCUT2D eigenvalue weighted by molar-refractivity contribution is 9.10. The maximum Gasteiger partial charge on any atom is 0.202 e. The van der Waals surface area contributed by atoms with Gasteiger partial charge in [-0.15, -0.1) is 0 Å². The normalized spacial score (nSPS) is 10.9. The van der Waals surface area contributed by atoms with E-state index in [1.807, 2.05) is 0 Å². The van der Waals surface area contributed by atoms with Crippen molar-refractivity contribution < 1.29 is 31.1 Å². The van der Waals surface area contributed by atoms with Crippen molar-refractivity contribution in [3.8, 4) is 11.5 Å². The second-order valence-corrected chi connectivity index (χ2v) is 5.29. The maximum absolute atomic E-state index is 13.5. The highest BCUT2D eigenvalue weighted by Crippen LogP contribution is 2.35. The Morgan fingerprint density at radius 3 is 1.29 bits per heavy atom. The third-order valence-electron chi connectivity index (χ3n) is 2.36. The van der Waals surface area contributed by atoms with E-state index < -0.39 is 55.3 Å². The quantitative estimate of drug-likeness (QED) is 0.327. The lowest BCUT2D eigenvalue weighted by Gasteiger charge is -2.11. The number of benzene rings is 2. The van der Waals surface area contributed by atoms with Crippen LogP contribution in [-0.2, 0) is 0 Å². The fourth-order valence-corrected chi connectivity index (χ4v) is 1.95. The lowest BCUT2D eigenvalue weighted by molar-refractivity contribution is 0.373. The Hall–Kier alpha value is -1.22. The molecule has 0 heterocycles. The Labute approximate surface area is 130 Å². The molecule has 0 radical (unpaired) electrons. The van der Waals surface area contributed by atoms with Gasteiger partial charge in [0, 0.05) is 12.1 Å². The van der Waals surface area contributed by atoms with Crippen LogP contribution in [0.3, 0.4) is 0 Å². The summed E-state index contributed by atoms with van der Waals surface area (Å²) in [5, 5.41) is 0. The van der Waals surface area contributed by atoms with Crippen LogP contribution in [0.2, 0.25) is 0 Å². The molecule has 2 aromatic rings. The summed E-state index contributed by atoms with van der Waals surface area (Å²) in [6.45, 7) is 0. The van der Waals surface area contributed by atoms with E-state index in [0.717, 1.165) is 0 Å². The summed E-state index contributed by atoms with van der Waals surface area (Å²) in [6, 6.07) is 0.805. The van der Waals surface area contributed by atoms with Crippen LogP contribution in [0.25, 0.3) is 0 Å². The summed E-state index contributed by atoms with van der Waals surface area (Å²) in [4.78, 5) is 0. The largest absolute Gasteiger partial charge is 0.451 e. The first-order chi connectivity index (χ1) is 9.73. The van der Waals surface area contributed by atoms with Crippen LogP contribution in [0.4, 0.5) is 26.3 Å². The topological polar surface area (TPSA) is 9.23 Å². The molecule has 0 unspecified atom stereocenters. The van der Waals surface area contributed by atoms with E-state index in [9.17, 15) is 26.3 Å². The van der Waals surface area contributed by atoms with Gasteiger partial charge >= 0.3 is 0 Å². The molecule has 0 fully saturated rings. The van der Waals surface area contributed by atoms with Gasteiger partial charge < -0.3 is 4.74 Å². The molecule has 0 N–H and O–H groups in total. The second kappa shape index (κ2) is 5.88. The zero-order valence-corrected chi connectivity index (χ0v) is 12.8. The van der Waals surface area contributed by atoms with E-state index in [0.29, 0.717) is 12.1 Å². The molecule has 21 heavy (non-hydrogen) atoms. The molecule has 9 heteroatoms. The van der Waals surface area contributed by atoms with Gasteiger partial charge in [0.05, 0.1) is 8.95 Å². The highest BCUT2D eigenvalue weighted by Gasteiger charge is 2.23. The van der Waals surface area contributed by atoms with E-state index in [1.54, 1.807) is 0 Å². The first-order valence-corrected chi connectivity index (χ1v) is 6.66. The van der Waals surface area contributed by atoms with Crippen molar-refractivity contribution >= 4 is 31.9 Å². The van der Waals surface area contributed by atoms with Gasteiger partial charge in [0.1, 0.15) is 11.6 Å². The van der Waals surface area contributed by atoms with Crippen molar-refractivity contribution in [2.75, 3.05) is 0 Å². The summed E-state index contributed by atoms with van der Waals surface area (Å²) >= 11 is 4.90. The molecule has 0 aliphatic rings. The van der Waals surface area contributed by atoms with E-state index in [1.165, 1.54) is 0 Å². The minimum Gasteiger partial charge on any atom is -0.451 e. The third-order valence-corrected chi connectivity index (χ3v) is 3.81. The van der Waals surface area contributed by atoms with Gasteiger partial charge in [-0.05, 0) is 31.9 Å². The van der Waals surface area contributed by atoms with Crippen LogP contribution in [0.1, 0.15) is 0 Å². The van der Waals surface area contributed by atoms with Crippen molar-refractivity contribution in [3.63, 3.8) is 0 Å².